The third-order valence-corrected chi connectivity index (χ3v) is 4.73. The molecule has 1 aliphatic heterocycles. The van der Waals surface area contributed by atoms with Crippen LogP contribution >= 0.6 is 0 Å². The minimum atomic E-state index is -0.341. The molecule has 0 fully saturated rings. The van der Waals surface area contributed by atoms with Gasteiger partial charge in [-0.3, -0.25) is 10.1 Å². The Morgan fingerprint density at radius 3 is 2.30 bits per heavy atom. The number of nitrogens with one attached hydrogen (secondary N) is 2. The number of ether oxygens (including phenoxy) is 2. The molecule has 1 amide bonds. The number of hydrogen-bond acceptors (Lipinski definition) is 4. The highest BCUT2D eigenvalue weighted by molar-refractivity contribution is 5.94. The van der Waals surface area contributed by atoms with Crippen LogP contribution in [0.25, 0.3) is 0 Å². The first-order chi connectivity index (χ1) is 12.9. The monoisotopic (exact) mass is 368 g/mol. The first kappa shape index (κ1) is 19.2. The maximum Gasteiger partial charge on any atom is 0.241 e. The molecule has 0 aromatic heterocycles. The number of hydrogen-bond donors (Lipinski definition) is 2. The Morgan fingerprint density at radius 2 is 1.63 bits per heavy atom. The molecule has 2 aromatic carbocycles. The van der Waals surface area contributed by atoms with Crippen molar-refractivity contribution in [3.05, 3.63) is 53.6 Å². The van der Waals surface area contributed by atoms with Crippen LogP contribution < -0.4 is 20.1 Å². The third kappa shape index (κ3) is 4.80. The zero-order valence-electron chi connectivity index (χ0n) is 16.4. The fourth-order valence-corrected chi connectivity index (χ4v) is 3.16. The fraction of sp³-hybridized carbons (Fsp3) is 0.409. The van der Waals surface area contributed by atoms with E-state index < -0.39 is 0 Å². The molecule has 0 saturated carbocycles. The summed E-state index contributed by atoms with van der Waals surface area (Å²) in [5, 5.41) is 6.43. The molecule has 27 heavy (non-hydrogen) atoms. The zero-order valence-corrected chi connectivity index (χ0v) is 16.4. The average Bonchev–Trinajstić information content (AvgIpc) is 2.67. The largest absolute Gasteiger partial charge is 0.486 e. The number of fused-ring (bicyclic) bond motifs is 1. The first-order valence-electron chi connectivity index (χ1n) is 9.47. The Kier molecular flexibility index (Phi) is 6.01. The molecular formula is C22H28N2O3. The van der Waals surface area contributed by atoms with Crippen LogP contribution in [0.2, 0.25) is 0 Å². The zero-order chi connectivity index (χ0) is 19.4. The Hall–Kier alpha value is -2.53. The predicted octanol–water partition coefficient (Wildman–Crippen LogP) is 4.08. The molecule has 2 N–H and O–H groups in total. The summed E-state index contributed by atoms with van der Waals surface area (Å²) in [6, 6.07) is 13.5. The first-order valence-corrected chi connectivity index (χ1v) is 9.47. The van der Waals surface area contributed by atoms with Gasteiger partial charge in [-0.05, 0) is 49.6 Å². The van der Waals surface area contributed by atoms with Gasteiger partial charge in [0.2, 0.25) is 5.91 Å². The number of rotatable bonds is 6. The quantitative estimate of drug-likeness (QED) is 0.807. The molecule has 0 aliphatic carbocycles. The van der Waals surface area contributed by atoms with Crippen molar-refractivity contribution >= 4 is 11.6 Å². The Balaban J connectivity index is 1.70. The summed E-state index contributed by atoms with van der Waals surface area (Å²) in [5.41, 5.74) is 3.06. The van der Waals surface area contributed by atoms with Crippen molar-refractivity contribution in [1.82, 2.24) is 5.32 Å². The summed E-state index contributed by atoms with van der Waals surface area (Å²) in [7, 11) is 0. The highest BCUT2D eigenvalue weighted by Crippen LogP contribution is 2.34. The Morgan fingerprint density at radius 1 is 0.963 bits per heavy atom. The van der Waals surface area contributed by atoms with Gasteiger partial charge in [-0.2, -0.15) is 0 Å². The van der Waals surface area contributed by atoms with Gasteiger partial charge in [0.15, 0.2) is 11.5 Å². The molecule has 1 heterocycles. The molecule has 0 unspecified atom stereocenters. The molecule has 3 rings (SSSR count). The van der Waals surface area contributed by atoms with Gasteiger partial charge < -0.3 is 14.8 Å². The lowest BCUT2D eigenvalue weighted by atomic mass is 9.94. The maximum atomic E-state index is 12.6. The van der Waals surface area contributed by atoms with E-state index in [1.807, 2.05) is 56.3 Å². The van der Waals surface area contributed by atoms with Crippen molar-refractivity contribution in [1.29, 1.82) is 0 Å². The summed E-state index contributed by atoms with van der Waals surface area (Å²) in [5.74, 6) is 1.80. The highest BCUT2D eigenvalue weighted by atomic mass is 16.6. The molecule has 5 nitrogen and oxygen atoms in total. The normalized spacial score (nSPS) is 15.3. The van der Waals surface area contributed by atoms with E-state index in [1.54, 1.807) is 0 Å². The van der Waals surface area contributed by atoms with Crippen LogP contribution in [0.5, 0.6) is 11.5 Å². The van der Waals surface area contributed by atoms with E-state index in [9.17, 15) is 4.79 Å². The summed E-state index contributed by atoms with van der Waals surface area (Å²) >= 11 is 0. The summed E-state index contributed by atoms with van der Waals surface area (Å²) in [6.07, 6.45) is 0. The second-order valence-electron chi connectivity index (χ2n) is 7.37. The number of carbonyl (C=O) groups is 1. The van der Waals surface area contributed by atoms with Crippen molar-refractivity contribution in [2.75, 3.05) is 18.5 Å². The summed E-state index contributed by atoms with van der Waals surface area (Å²) in [6.45, 7) is 9.32. The highest BCUT2D eigenvalue weighted by Gasteiger charge is 2.23. The number of aryl methyl sites for hydroxylation is 1. The van der Waals surface area contributed by atoms with Crippen LogP contribution in [0.3, 0.4) is 0 Å². The SMILES string of the molecule is Cc1ccc(NC(=O)[C@H](C)N[C@H](c2ccc3c(c2)OCCO3)C(C)C)cc1. The number of anilines is 1. The van der Waals surface area contributed by atoms with E-state index in [2.05, 4.69) is 24.5 Å². The number of amides is 1. The molecule has 0 saturated heterocycles. The molecule has 0 bridgehead atoms. The molecule has 1 aliphatic rings. The molecule has 2 atom stereocenters. The second-order valence-corrected chi connectivity index (χ2v) is 7.37. The summed E-state index contributed by atoms with van der Waals surface area (Å²) < 4.78 is 11.3. The van der Waals surface area contributed by atoms with Crippen LogP contribution in [0.4, 0.5) is 5.69 Å². The van der Waals surface area contributed by atoms with Crippen LogP contribution in [0.1, 0.15) is 37.9 Å². The number of benzene rings is 2. The van der Waals surface area contributed by atoms with E-state index >= 15 is 0 Å². The molecule has 0 spiro atoms. The summed E-state index contributed by atoms with van der Waals surface area (Å²) in [4.78, 5) is 12.6. The lowest BCUT2D eigenvalue weighted by Crippen LogP contribution is -2.41. The van der Waals surface area contributed by atoms with E-state index in [4.69, 9.17) is 9.47 Å². The van der Waals surface area contributed by atoms with Gasteiger partial charge in [-0.1, -0.05) is 37.6 Å². The van der Waals surface area contributed by atoms with E-state index in [0.717, 1.165) is 28.3 Å². The predicted molar refractivity (Wildman–Crippen MR) is 107 cm³/mol. The minimum absolute atomic E-state index is 0.0274. The van der Waals surface area contributed by atoms with Gasteiger partial charge in [-0.15, -0.1) is 0 Å². The van der Waals surface area contributed by atoms with Crippen LogP contribution in [-0.2, 0) is 4.79 Å². The van der Waals surface area contributed by atoms with Crippen molar-refractivity contribution in [3.63, 3.8) is 0 Å². The van der Waals surface area contributed by atoms with Crippen molar-refractivity contribution in [2.24, 2.45) is 5.92 Å². The second kappa shape index (κ2) is 8.44. The standard InChI is InChI=1S/C22H28N2O3/c1-14(2)21(17-7-10-19-20(13-17)27-12-11-26-19)23-16(4)22(25)24-18-8-5-15(3)6-9-18/h5-10,13-14,16,21,23H,11-12H2,1-4H3,(H,24,25)/t16-,21-/m0/s1. The van der Waals surface area contributed by atoms with E-state index in [-0.39, 0.29) is 18.0 Å². The maximum absolute atomic E-state index is 12.6. The van der Waals surface area contributed by atoms with E-state index in [1.165, 1.54) is 0 Å². The Labute approximate surface area is 161 Å². The minimum Gasteiger partial charge on any atom is -0.486 e. The third-order valence-electron chi connectivity index (χ3n) is 4.73. The van der Waals surface area contributed by atoms with Crippen LogP contribution in [0, 0.1) is 12.8 Å². The van der Waals surface area contributed by atoms with Crippen LogP contribution in [0.15, 0.2) is 42.5 Å². The number of carbonyl (C=O) groups excluding carboxylic acids is 1. The molecule has 0 radical (unpaired) electrons. The van der Waals surface area contributed by atoms with Gasteiger partial charge in [0.25, 0.3) is 0 Å². The van der Waals surface area contributed by atoms with Gasteiger partial charge >= 0.3 is 0 Å². The van der Waals surface area contributed by atoms with Crippen molar-refractivity contribution in [3.8, 4) is 11.5 Å². The van der Waals surface area contributed by atoms with Gasteiger partial charge in [0.05, 0.1) is 6.04 Å². The molecule has 144 valence electrons. The topological polar surface area (TPSA) is 59.6 Å². The van der Waals surface area contributed by atoms with Crippen LogP contribution in [-0.4, -0.2) is 25.2 Å². The molecular weight excluding hydrogens is 340 g/mol. The molecule has 5 heteroatoms. The van der Waals surface area contributed by atoms with Gasteiger partial charge in [0, 0.05) is 11.7 Å². The Bertz CT molecular complexity index is 787. The lowest BCUT2D eigenvalue weighted by molar-refractivity contribution is -0.118. The average molecular weight is 368 g/mol. The fourth-order valence-electron chi connectivity index (χ4n) is 3.16. The van der Waals surface area contributed by atoms with Gasteiger partial charge in [0.1, 0.15) is 13.2 Å². The van der Waals surface area contributed by atoms with Crippen molar-refractivity contribution in [2.45, 2.75) is 39.8 Å². The van der Waals surface area contributed by atoms with Gasteiger partial charge in [-0.25, -0.2) is 0 Å². The molecule has 2 aromatic rings. The lowest BCUT2D eigenvalue weighted by Gasteiger charge is -2.28. The smallest absolute Gasteiger partial charge is 0.241 e. The van der Waals surface area contributed by atoms with E-state index in [0.29, 0.717) is 19.1 Å². The van der Waals surface area contributed by atoms with Crippen molar-refractivity contribution < 1.29 is 14.3 Å².